The van der Waals surface area contributed by atoms with Gasteiger partial charge in [0.2, 0.25) is 5.95 Å². The summed E-state index contributed by atoms with van der Waals surface area (Å²) in [6.45, 7) is 3.65. The minimum atomic E-state index is -2.83. The zero-order chi connectivity index (χ0) is 15.9. The fourth-order valence-corrected chi connectivity index (χ4v) is 2.69. The van der Waals surface area contributed by atoms with Crippen molar-refractivity contribution < 1.29 is 8.78 Å². The van der Waals surface area contributed by atoms with Crippen molar-refractivity contribution in [2.24, 2.45) is 0 Å². The van der Waals surface area contributed by atoms with Crippen molar-refractivity contribution in [2.75, 3.05) is 30.8 Å². The number of fused-ring (bicyclic) bond motifs is 1. The van der Waals surface area contributed by atoms with E-state index in [4.69, 9.17) is 0 Å². The molecule has 1 unspecified atom stereocenters. The van der Waals surface area contributed by atoms with Crippen LogP contribution in [0.15, 0.2) is 6.07 Å². The van der Waals surface area contributed by atoms with Crippen molar-refractivity contribution in [1.82, 2.24) is 20.3 Å². The van der Waals surface area contributed by atoms with Gasteiger partial charge in [-0.05, 0) is 25.5 Å². The molecule has 1 fully saturated rings. The standard InChI is InChI=1S/C14H18F2N6/c1-7-4-8(2)19-12-10(7)11(17-3)21-13(22-12)20-9-5-18-6-14(9,15)16/h4,9,18H,5-6H2,1-3H3,(H2,17,19,20,21,22). The summed E-state index contributed by atoms with van der Waals surface area (Å²) in [5.74, 6) is -2.09. The van der Waals surface area contributed by atoms with Gasteiger partial charge in [-0.1, -0.05) is 0 Å². The van der Waals surface area contributed by atoms with E-state index in [0.717, 1.165) is 16.6 Å². The van der Waals surface area contributed by atoms with Crippen LogP contribution in [0.2, 0.25) is 0 Å². The van der Waals surface area contributed by atoms with E-state index >= 15 is 0 Å². The summed E-state index contributed by atoms with van der Waals surface area (Å²) in [5, 5.41) is 9.17. The Morgan fingerprint density at radius 1 is 1.27 bits per heavy atom. The lowest BCUT2D eigenvalue weighted by Gasteiger charge is -2.20. The maximum atomic E-state index is 13.7. The quantitative estimate of drug-likeness (QED) is 0.801. The third-order valence-corrected chi connectivity index (χ3v) is 3.75. The highest BCUT2D eigenvalue weighted by atomic mass is 19.3. The number of aryl methyl sites for hydroxylation is 2. The second kappa shape index (κ2) is 5.28. The molecule has 3 rings (SSSR count). The van der Waals surface area contributed by atoms with E-state index in [1.807, 2.05) is 19.9 Å². The van der Waals surface area contributed by atoms with Crippen molar-refractivity contribution in [1.29, 1.82) is 0 Å². The molecule has 118 valence electrons. The Balaban J connectivity index is 2.04. The molecule has 0 aromatic carbocycles. The fraction of sp³-hybridized carbons (Fsp3) is 0.500. The Kier molecular flexibility index (Phi) is 3.56. The SMILES string of the molecule is CNc1nc(NC2CNCC2(F)F)nc2nc(C)cc(C)c12. The minimum absolute atomic E-state index is 0.155. The van der Waals surface area contributed by atoms with Gasteiger partial charge in [0, 0.05) is 19.3 Å². The van der Waals surface area contributed by atoms with Gasteiger partial charge >= 0.3 is 0 Å². The first-order valence-corrected chi connectivity index (χ1v) is 7.09. The van der Waals surface area contributed by atoms with E-state index in [1.54, 1.807) is 7.05 Å². The number of hydrogen-bond donors (Lipinski definition) is 3. The number of rotatable bonds is 3. The van der Waals surface area contributed by atoms with Gasteiger partial charge in [0.05, 0.1) is 11.9 Å². The maximum Gasteiger partial charge on any atom is 0.281 e. The molecule has 3 N–H and O–H groups in total. The Bertz CT molecular complexity index is 718. The third kappa shape index (κ3) is 2.54. The second-order valence-electron chi connectivity index (χ2n) is 5.51. The van der Waals surface area contributed by atoms with Gasteiger partial charge in [0.25, 0.3) is 5.92 Å². The zero-order valence-electron chi connectivity index (χ0n) is 12.7. The topological polar surface area (TPSA) is 74.8 Å². The van der Waals surface area contributed by atoms with Crippen LogP contribution in [0.25, 0.3) is 11.0 Å². The number of pyridine rings is 1. The summed E-state index contributed by atoms with van der Waals surface area (Å²) in [5.41, 5.74) is 2.31. The molecule has 0 bridgehead atoms. The van der Waals surface area contributed by atoms with Crippen LogP contribution in [0, 0.1) is 13.8 Å². The van der Waals surface area contributed by atoms with E-state index in [2.05, 4.69) is 30.9 Å². The van der Waals surface area contributed by atoms with E-state index in [9.17, 15) is 8.78 Å². The number of anilines is 2. The third-order valence-electron chi connectivity index (χ3n) is 3.75. The molecule has 1 saturated heterocycles. The van der Waals surface area contributed by atoms with Gasteiger partial charge in [-0.2, -0.15) is 9.97 Å². The highest BCUT2D eigenvalue weighted by molar-refractivity contribution is 5.90. The largest absolute Gasteiger partial charge is 0.372 e. The van der Waals surface area contributed by atoms with Crippen LogP contribution in [0.5, 0.6) is 0 Å². The van der Waals surface area contributed by atoms with Gasteiger partial charge in [-0.15, -0.1) is 0 Å². The highest BCUT2D eigenvalue weighted by Gasteiger charge is 2.44. The van der Waals surface area contributed by atoms with E-state index in [0.29, 0.717) is 11.5 Å². The lowest BCUT2D eigenvalue weighted by Crippen LogP contribution is -2.38. The minimum Gasteiger partial charge on any atom is -0.372 e. The van der Waals surface area contributed by atoms with Crippen LogP contribution in [0.3, 0.4) is 0 Å². The lowest BCUT2D eigenvalue weighted by molar-refractivity contribution is 0.0137. The number of alkyl halides is 2. The zero-order valence-corrected chi connectivity index (χ0v) is 12.7. The molecule has 6 nitrogen and oxygen atoms in total. The van der Waals surface area contributed by atoms with Gasteiger partial charge in [0.1, 0.15) is 11.9 Å². The van der Waals surface area contributed by atoms with Gasteiger partial charge in [0.15, 0.2) is 5.65 Å². The molecule has 1 aliphatic rings. The van der Waals surface area contributed by atoms with Crippen molar-refractivity contribution in [3.05, 3.63) is 17.3 Å². The monoisotopic (exact) mass is 308 g/mol. The summed E-state index contributed by atoms with van der Waals surface area (Å²) in [7, 11) is 1.73. The van der Waals surface area contributed by atoms with Crippen molar-refractivity contribution in [2.45, 2.75) is 25.8 Å². The smallest absolute Gasteiger partial charge is 0.281 e. The van der Waals surface area contributed by atoms with Crippen LogP contribution in [0.4, 0.5) is 20.5 Å². The van der Waals surface area contributed by atoms with Crippen LogP contribution < -0.4 is 16.0 Å². The first kappa shape index (κ1) is 14.8. The highest BCUT2D eigenvalue weighted by Crippen LogP contribution is 2.27. The molecule has 0 amide bonds. The Morgan fingerprint density at radius 2 is 2.05 bits per heavy atom. The average molecular weight is 308 g/mol. The molecule has 3 heterocycles. The molecule has 1 aliphatic heterocycles. The Hall–Kier alpha value is -2.09. The number of nitrogens with one attached hydrogen (secondary N) is 3. The van der Waals surface area contributed by atoms with Crippen LogP contribution >= 0.6 is 0 Å². The molecular formula is C14H18F2N6. The second-order valence-corrected chi connectivity index (χ2v) is 5.51. The molecular weight excluding hydrogens is 290 g/mol. The van der Waals surface area contributed by atoms with E-state index < -0.39 is 12.0 Å². The first-order valence-electron chi connectivity index (χ1n) is 7.09. The predicted octanol–water partition coefficient (Wildman–Crippen LogP) is 1.70. The number of nitrogens with zero attached hydrogens (tertiary/aromatic N) is 3. The maximum absolute atomic E-state index is 13.7. The number of aromatic nitrogens is 3. The van der Waals surface area contributed by atoms with Gasteiger partial charge in [-0.3, -0.25) is 0 Å². The van der Waals surface area contributed by atoms with Crippen molar-refractivity contribution in [3.63, 3.8) is 0 Å². The fourth-order valence-electron chi connectivity index (χ4n) is 2.69. The normalized spacial score (nSPS) is 20.3. The van der Waals surface area contributed by atoms with Crippen molar-refractivity contribution in [3.8, 4) is 0 Å². The molecule has 0 radical (unpaired) electrons. The summed E-state index contributed by atoms with van der Waals surface area (Å²) >= 11 is 0. The first-order chi connectivity index (χ1) is 10.4. The average Bonchev–Trinajstić information content (AvgIpc) is 2.76. The van der Waals surface area contributed by atoms with Crippen LogP contribution in [-0.4, -0.2) is 47.1 Å². The molecule has 0 aliphatic carbocycles. The molecule has 1 atom stereocenters. The molecule has 2 aromatic rings. The summed E-state index contributed by atoms with van der Waals surface area (Å²) in [6.07, 6.45) is 0. The Morgan fingerprint density at radius 3 is 2.68 bits per heavy atom. The molecule has 0 saturated carbocycles. The summed E-state index contributed by atoms with van der Waals surface area (Å²) in [4.78, 5) is 13.0. The molecule has 8 heteroatoms. The molecule has 2 aromatic heterocycles. The number of halogens is 2. The van der Waals surface area contributed by atoms with Crippen LogP contribution in [0.1, 0.15) is 11.3 Å². The van der Waals surface area contributed by atoms with Crippen LogP contribution in [-0.2, 0) is 0 Å². The van der Waals surface area contributed by atoms with Crippen molar-refractivity contribution >= 4 is 22.8 Å². The van der Waals surface area contributed by atoms with Gasteiger partial charge in [-0.25, -0.2) is 13.8 Å². The van der Waals surface area contributed by atoms with Gasteiger partial charge < -0.3 is 16.0 Å². The molecule has 22 heavy (non-hydrogen) atoms. The number of hydrogen-bond acceptors (Lipinski definition) is 6. The molecule has 0 spiro atoms. The van der Waals surface area contributed by atoms with E-state index in [-0.39, 0.29) is 19.0 Å². The Labute approximate surface area is 126 Å². The summed E-state index contributed by atoms with van der Waals surface area (Å²) < 4.78 is 27.4. The van der Waals surface area contributed by atoms with E-state index in [1.165, 1.54) is 0 Å². The summed E-state index contributed by atoms with van der Waals surface area (Å²) in [6, 6.07) is 0.912. The lowest BCUT2D eigenvalue weighted by atomic mass is 10.1. The predicted molar refractivity (Wildman–Crippen MR) is 81.6 cm³/mol.